The summed E-state index contributed by atoms with van der Waals surface area (Å²) in [6.45, 7) is 3.88. The lowest BCUT2D eigenvalue weighted by molar-refractivity contribution is 0.0954. The maximum Gasteiger partial charge on any atom is 0.251 e. The van der Waals surface area contributed by atoms with Crippen LogP contribution in [0.3, 0.4) is 0 Å². The normalized spacial score (nSPS) is 9.92. The molecule has 0 fully saturated rings. The smallest absolute Gasteiger partial charge is 0.251 e. The fourth-order valence-corrected chi connectivity index (χ4v) is 2.23. The van der Waals surface area contributed by atoms with Gasteiger partial charge in [-0.15, -0.1) is 12.4 Å². The molecule has 0 aliphatic heterocycles. The van der Waals surface area contributed by atoms with Crippen LogP contribution in [0.5, 0.6) is 5.75 Å². The summed E-state index contributed by atoms with van der Waals surface area (Å²) in [6.07, 6.45) is 1.76. The first-order valence-corrected chi connectivity index (χ1v) is 8.02. The maximum absolute atomic E-state index is 12.1. The Hall–Kier alpha value is -2.04. The first-order valence-electron chi connectivity index (χ1n) is 8.02. The number of carbonyl (C=O) groups is 1. The molecule has 4 nitrogen and oxygen atoms in total. The van der Waals surface area contributed by atoms with Gasteiger partial charge in [-0.3, -0.25) is 4.79 Å². The maximum atomic E-state index is 12.1. The molecule has 2 rings (SSSR count). The average Bonchev–Trinajstić information content (AvgIpc) is 2.60. The van der Waals surface area contributed by atoms with Crippen molar-refractivity contribution in [1.29, 1.82) is 0 Å². The van der Waals surface area contributed by atoms with E-state index in [1.54, 1.807) is 12.1 Å². The Kier molecular flexibility index (Phi) is 8.90. The fourth-order valence-electron chi connectivity index (χ4n) is 2.23. The third-order valence-electron chi connectivity index (χ3n) is 3.52. The molecule has 1 amide bonds. The Labute approximate surface area is 149 Å². The zero-order valence-electron chi connectivity index (χ0n) is 14.0. The van der Waals surface area contributed by atoms with Crippen LogP contribution in [0.4, 0.5) is 0 Å². The fraction of sp³-hybridized carbons (Fsp3) is 0.316. The molecule has 0 saturated carbocycles. The molecule has 0 aliphatic rings. The zero-order valence-corrected chi connectivity index (χ0v) is 14.8. The number of ether oxygens (including phenoxy) is 1. The van der Waals surface area contributed by atoms with Gasteiger partial charge in [0.1, 0.15) is 5.75 Å². The van der Waals surface area contributed by atoms with Crippen LogP contribution < -0.4 is 15.8 Å². The number of nitrogens with two attached hydrogens (primary N) is 1. The largest absolute Gasteiger partial charge is 0.494 e. The van der Waals surface area contributed by atoms with Crippen LogP contribution in [0.15, 0.2) is 48.5 Å². The molecule has 130 valence electrons. The lowest BCUT2D eigenvalue weighted by Gasteiger charge is -2.08. The van der Waals surface area contributed by atoms with Crippen LogP contribution in [0, 0.1) is 0 Å². The van der Waals surface area contributed by atoms with Crippen LogP contribution in [-0.2, 0) is 13.0 Å². The van der Waals surface area contributed by atoms with Gasteiger partial charge in [0, 0.05) is 18.7 Å². The van der Waals surface area contributed by atoms with E-state index in [0.717, 1.165) is 36.3 Å². The summed E-state index contributed by atoms with van der Waals surface area (Å²) >= 11 is 0. The predicted octanol–water partition coefficient (Wildman–Crippen LogP) is 3.33. The predicted molar refractivity (Wildman–Crippen MR) is 99.8 cm³/mol. The van der Waals surface area contributed by atoms with Gasteiger partial charge in [-0.2, -0.15) is 0 Å². The second-order valence-electron chi connectivity index (χ2n) is 5.40. The van der Waals surface area contributed by atoms with Gasteiger partial charge in [0.15, 0.2) is 0 Å². The second-order valence-corrected chi connectivity index (χ2v) is 5.40. The minimum atomic E-state index is -0.0630. The van der Waals surface area contributed by atoms with Crippen LogP contribution in [0.25, 0.3) is 0 Å². The number of carbonyl (C=O) groups excluding carboxylic acids is 1. The zero-order chi connectivity index (χ0) is 16.5. The first-order chi connectivity index (χ1) is 11.2. The molecule has 5 heteroatoms. The van der Waals surface area contributed by atoms with E-state index in [0.29, 0.717) is 18.7 Å². The van der Waals surface area contributed by atoms with Crippen molar-refractivity contribution in [1.82, 2.24) is 5.32 Å². The molecule has 24 heavy (non-hydrogen) atoms. The van der Waals surface area contributed by atoms with Crippen molar-refractivity contribution in [2.75, 3.05) is 13.2 Å². The highest BCUT2D eigenvalue weighted by molar-refractivity contribution is 5.94. The number of halogens is 1. The summed E-state index contributed by atoms with van der Waals surface area (Å²) < 4.78 is 5.62. The van der Waals surface area contributed by atoms with E-state index in [2.05, 4.69) is 12.2 Å². The van der Waals surface area contributed by atoms with Crippen molar-refractivity contribution in [2.24, 2.45) is 5.73 Å². The van der Waals surface area contributed by atoms with Crippen molar-refractivity contribution in [3.8, 4) is 5.75 Å². The molecule has 2 aromatic carbocycles. The van der Waals surface area contributed by atoms with E-state index in [1.165, 1.54) is 0 Å². The second kappa shape index (κ2) is 10.7. The van der Waals surface area contributed by atoms with E-state index in [-0.39, 0.29) is 18.3 Å². The monoisotopic (exact) mass is 348 g/mol. The van der Waals surface area contributed by atoms with Gasteiger partial charge in [0.05, 0.1) is 6.61 Å². The molecule has 0 unspecified atom stereocenters. The lowest BCUT2D eigenvalue weighted by atomic mass is 10.1. The summed E-state index contributed by atoms with van der Waals surface area (Å²) in [7, 11) is 0. The first kappa shape index (κ1) is 20.0. The van der Waals surface area contributed by atoms with Gasteiger partial charge in [-0.05, 0) is 48.2 Å². The summed E-state index contributed by atoms with van der Waals surface area (Å²) in [5, 5.41) is 2.94. The van der Waals surface area contributed by atoms with E-state index >= 15 is 0 Å². The Morgan fingerprint density at radius 3 is 2.54 bits per heavy atom. The highest BCUT2D eigenvalue weighted by Gasteiger charge is 2.05. The number of hydrogen-bond donors (Lipinski definition) is 2. The van der Waals surface area contributed by atoms with Crippen LogP contribution >= 0.6 is 12.4 Å². The number of benzene rings is 2. The Bertz CT molecular complexity index is 630. The Morgan fingerprint density at radius 1 is 1.12 bits per heavy atom. The summed E-state index contributed by atoms with van der Waals surface area (Å²) in [5.41, 5.74) is 8.38. The van der Waals surface area contributed by atoms with E-state index in [9.17, 15) is 4.79 Å². The van der Waals surface area contributed by atoms with Crippen LogP contribution in [-0.4, -0.2) is 19.1 Å². The Balaban J connectivity index is 0.00000288. The average molecular weight is 349 g/mol. The summed E-state index contributed by atoms with van der Waals surface area (Å²) in [6, 6.07) is 15.4. The van der Waals surface area contributed by atoms with Gasteiger partial charge >= 0.3 is 0 Å². The third kappa shape index (κ3) is 6.22. The quantitative estimate of drug-likeness (QED) is 0.769. The number of nitrogens with one attached hydrogen (secondary N) is 1. The van der Waals surface area contributed by atoms with Gasteiger partial charge in [-0.1, -0.05) is 31.2 Å². The van der Waals surface area contributed by atoms with E-state index < -0.39 is 0 Å². The minimum absolute atomic E-state index is 0. The third-order valence-corrected chi connectivity index (χ3v) is 3.52. The van der Waals surface area contributed by atoms with Crippen LogP contribution in [0.1, 0.15) is 34.8 Å². The van der Waals surface area contributed by atoms with E-state index in [1.807, 2.05) is 36.4 Å². The number of rotatable bonds is 8. The van der Waals surface area contributed by atoms with Crippen molar-refractivity contribution in [3.63, 3.8) is 0 Å². The SMILES string of the molecule is CCCOc1cccc(CCNC(=O)c2ccc(CN)cc2)c1.Cl. The van der Waals surface area contributed by atoms with Gasteiger partial charge in [0.25, 0.3) is 5.91 Å². The topological polar surface area (TPSA) is 64.3 Å². The number of amides is 1. The van der Waals surface area contributed by atoms with Gasteiger partial charge in [-0.25, -0.2) is 0 Å². The molecular formula is C19H25ClN2O2. The molecular weight excluding hydrogens is 324 g/mol. The molecule has 0 spiro atoms. The van der Waals surface area contributed by atoms with Crippen molar-refractivity contribution >= 4 is 18.3 Å². The van der Waals surface area contributed by atoms with E-state index in [4.69, 9.17) is 10.5 Å². The van der Waals surface area contributed by atoms with Gasteiger partial charge < -0.3 is 15.8 Å². The lowest BCUT2D eigenvalue weighted by Crippen LogP contribution is -2.25. The molecule has 3 N–H and O–H groups in total. The standard InChI is InChI=1S/C19H24N2O2.ClH/c1-2-12-23-18-5-3-4-15(13-18)10-11-21-19(22)17-8-6-16(14-20)7-9-17;/h3-9,13H,2,10-12,14,20H2,1H3,(H,21,22);1H. The number of hydrogen-bond acceptors (Lipinski definition) is 3. The van der Waals surface area contributed by atoms with Crippen molar-refractivity contribution < 1.29 is 9.53 Å². The molecule has 0 bridgehead atoms. The summed E-state index contributed by atoms with van der Waals surface area (Å²) in [5.74, 6) is 0.819. The highest BCUT2D eigenvalue weighted by atomic mass is 35.5. The molecule has 0 atom stereocenters. The molecule has 0 aliphatic carbocycles. The van der Waals surface area contributed by atoms with Crippen molar-refractivity contribution in [2.45, 2.75) is 26.3 Å². The van der Waals surface area contributed by atoms with Gasteiger partial charge in [0.2, 0.25) is 0 Å². The molecule has 0 aromatic heterocycles. The highest BCUT2D eigenvalue weighted by Crippen LogP contribution is 2.14. The molecule has 2 aromatic rings. The van der Waals surface area contributed by atoms with Crippen molar-refractivity contribution in [3.05, 3.63) is 65.2 Å². The molecule has 0 heterocycles. The minimum Gasteiger partial charge on any atom is -0.494 e. The molecule has 0 saturated heterocycles. The molecule has 0 radical (unpaired) electrons. The van der Waals surface area contributed by atoms with Crippen LogP contribution in [0.2, 0.25) is 0 Å². The Morgan fingerprint density at radius 2 is 1.88 bits per heavy atom. The summed E-state index contributed by atoms with van der Waals surface area (Å²) in [4.78, 5) is 12.1.